The first-order valence-electron chi connectivity index (χ1n) is 9.80. The Balaban J connectivity index is 1.41. The molecule has 12 heteroatoms. The van der Waals surface area contributed by atoms with E-state index in [-0.39, 0.29) is 34.0 Å². The number of alkyl halides is 3. The van der Waals surface area contributed by atoms with Crippen LogP contribution in [0.2, 0.25) is 0 Å². The minimum absolute atomic E-state index is 0.0403. The van der Waals surface area contributed by atoms with Gasteiger partial charge in [-0.2, -0.15) is 18.2 Å². The fourth-order valence-electron chi connectivity index (χ4n) is 3.32. The van der Waals surface area contributed by atoms with E-state index in [0.717, 1.165) is 16.4 Å². The zero-order valence-electron chi connectivity index (χ0n) is 17.6. The van der Waals surface area contributed by atoms with Gasteiger partial charge in [0.1, 0.15) is 0 Å². The van der Waals surface area contributed by atoms with E-state index in [4.69, 9.17) is 4.52 Å². The lowest BCUT2D eigenvalue weighted by molar-refractivity contribution is -0.137. The maximum atomic E-state index is 12.9. The van der Waals surface area contributed by atoms with E-state index in [1.807, 2.05) is 0 Å². The van der Waals surface area contributed by atoms with E-state index in [9.17, 15) is 26.4 Å². The Morgan fingerprint density at radius 1 is 1.12 bits per heavy atom. The summed E-state index contributed by atoms with van der Waals surface area (Å²) in [6.07, 6.45) is -4.48. The lowest BCUT2D eigenvalue weighted by Crippen LogP contribution is -2.48. The number of nitrogens with zero attached hydrogens (tertiary/aromatic N) is 4. The number of hydrogen-bond acceptors (Lipinski definition) is 6. The summed E-state index contributed by atoms with van der Waals surface area (Å²) in [6, 6.07) is 10.3. The highest BCUT2D eigenvalue weighted by atomic mass is 32.2. The molecule has 4 rings (SSSR count). The van der Waals surface area contributed by atoms with Gasteiger partial charge in [-0.3, -0.25) is 4.79 Å². The van der Waals surface area contributed by atoms with Crippen molar-refractivity contribution >= 4 is 15.9 Å². The summed E-state index contributed by atoms with van der Waals surface area (Å²) in [5.41, 5.74) is -0.294. The Morgan fingerprint density at radius 2 is 1.79 bits per heavy atom. The van der Waals surface area contributed by atoms with E-state index < -0.39 is 21.8 Å². The van der Waals surface area contributed by atoms with Crippen LogP contribution >= 0.6 is 0 Å². The molecule has 33 heavy (non-hydrogen) atoms. The summed E-state index contributed by atoms with van der Waals surface area (Å²) in [4.78, 5) is 18.5. The van der Waals surface area contributed by atoms with Crippen molar-refractivity contribution in [3.63, 3.8) is 0 Å². The van der Waals surface area contributed by atoms with Crippen LogP contribution in [0, 0.1) is 0 Å². The molecule has 1 saturated heterocycles. The van der Waals surface area contributed by atoms with E-state index in [2.05, 4.69) is 10.1 Å². The van der Waals surface area contributed by atoms with Gasteiger partial charge in [0.2, 0.25) is 21.7 Å². The van der Waals surface area contributed by atoms with Crippen molar-refractivity contribution in [3.8, 4) is 11.4 Å². The zero-order valence-corrected chi connectivity index (χ0v) is 18.4. The summed E-state index contributed by atoms with van der Waals surface area (Å²) >= 11 is 0. The third-order valence-electron chi connectivity index (χ3n) is 5.29. The third-order valence-corrected chi connectivity index (χ3v) is 7.12. The molecule has 0 radical (unpaired) electrons. The van der Waals surface area contributed by atoms with Crippen LogP contribution < -0.4 is 0 Å². The van der Waals surface area contributed by atoms with E-state index in [1.165, 1.54) is 55.4 Å². The number of carbonyl (C=O) groups excluding carboxylic acids is 1. The van der Waals surface area contributed by atoms with Crippen LogP contribution in [0.1, 0.15) is 27.7 Å². The van der Waals surface area contributed by atoms with Gasteiger partial charge in [-0.15, -0.1) is 0 Å². The number of halogens is 3. The largest absolute Gasteiger partial charge is 0.416 e. The van der Waals surface area contributed by atoms with Crippen molar-refractivity contribution in [1.82, 2.24) is 19.3 Å². The number of likely N-dealkylation sites (tertiary alicyclic amines) is 1. The highest BCUT2D eigenvalue weighted by Crippen LogP contribution is 2.33. The van der Waals surface area contributed by atoms with Crippen LogP contribution in [-0.2, 0) is 16.2 Å². The maximum Gasteiger partial charge on any atom is 0.416 e. The summed E-state index contributed by atoms with van der Waals surface area (Å²) in [5, 5.41) is 3.77. The van der Waals surface area contributed by atoms with Gasteiger partial charge in [0.25, 0.3) is 5.91 Å². The molecule has 0 N–H and O–H groups in total. The first-order valence-corrected chi connectivity index (χ1v) is 11.2. The van der Waals surface area contributed by atoms with Crippen LogP contribution in [0.15, 0.2) is 57.9 Å². The standard InChI is InChI=1S/C21H19F3N4O4S/c1-27(2)33(30,31)17-8-6-13(7-9-17)20(29)28-11-15(12-28)19-25-18(26-32-19)14-4-3-5-16(10-14)21(22,23)24/h3-10,15H,11-12H2,1-2H3. The molecule has 0 saturated carbocycles. The van der Waals surface area contributed by atoms with Gasteiger partial charge in [-0.1, -0.05) is 17.3 Å². The smallest absolute Gasteiger partial charge is 0.339 e. The maximum absolute atomic E-state index is 12.9. The Kier molecular flexibility index (Phi) is 5.74. The topological polar surface area (TPSA) is 96.6 Å². The number of hydrogen-bond donors (Lipinski definition) is 0. The number of aromatic nitrogens is 2. The van der Waals surface area contributed by atoms with E-state index >= 15 is 0 Å². The molecule has 3 aromatic rings. The van der Waals surface area contributed by atoms with Gasteiger partial charge in [-0.25, -0.2) is 12.7 Å². The Labute approximate surface area is 187 Å². The molecular weight excluding hydrogens is 461 g/mol. The Bertz CT molecular complexity index is 1280. The number of sulfonamides is 1. The molecule has 1 aliphatic heterocycles. The second-order valence-electron chi connectivity index (χ2n) is 7.75. The minimum atomic E-state index is -4.48. The van der Waals surface area contributed by atoms with Crippen molar-refractivity contribution < 1.29 is 30.9 Å². The number of rotatable bonds is 5. The molecule has 8 nitrogen and oxygen atoms in total. The molecule has 1 amide bonds. The number of amides is 1. The van der Waals surface area contributed by atoms with Gasteiger partial charge in [-0.05, 0) is 36.4 Å². The van der Waals surface area contributed by atoms with Crippen molar-refractivity contribution in [2.24, 2.45) is 0 Å². The van der Waals surface area contributed by atoms with Crippen LogP contribution in [-0.4, -0.2) is 60.9 Å². The number of carbonyl (C=O) groups is 1. The van der Waals surface area contributed by atoms with Crippen LogP contribution in [0.5, 0.6) is 0 Å². The second kappa shape index (κ2) is 8.27. The van der Waals surface area contributed by atoms with Crippen molar-refractivity contribution in [2.45, 2.75) is 17.0 Å². The molecule has 1 fully saturated rings. The molecule has 1 aromatic heterocycles. The average molecular weight is 480 g/mol. The van der Waals surface area contributed by atoms with Crippen LogP contribution in [0.3, 0.4) is 0 Å². The number of benzene rings is 2. The van der Waals surface area contributed by atoms with Crippen molar-refractivity contribution in [1.29, 1.82) is 0 Å². The molecule has 0 unspecified atom stereocenters. The molecule has 0 atom stereocenters. The molecule has 2 aromatic carbocycles. The predicted octanol–water partition coefficient (Wildman–Crippen LogP) is 3.25. The van der Waals surface area contributed by atoms with Crippen LogP contribution in [0.4, 0.5) is 13.2 Å². The quantitative estimate of drug-likeness (QED) is 0.556. The summed E-state index contributed by atoms with van der Waals surface area (Å²) in [7, 11) is -0.747. The molecule has 174 valence electrons. The summed E-state index contributed by atoms with van der Waals surface area (Å²) in [5.74, 6) is -0.246. The normalized spacial score (nSPS) is 15.0. The van der Waals surface area contributed by atoms with Gasteiger partial charge in [0, 0.05) is 38.3 Å². The third kappa shape index (κ3) is 4.48. The molecule has 0 bridgehead atoms. The van der Waals surface area contributed by atoms with E-state index in [1.54, 1.807) is 0 Å². The first-order chi connectivity index (χ1) is 15.5. The lowest BCUT2D eigenvalue weighted by Gasteiger charge is -2.37. The minimum Gasteiger partial charge on any atom is -0.339 e. The van der Waals surface area contributed by atoms with E-state index in [0.29, 0.717) is 18.7 Å². The van der Waals surface area contributed by atoms with Gasteiger partial charge in [0.05, 0.1) is 16.4 Å². The SMILES string of the molecule is CN(C)S(=O)(=O)c1ccc(C(=O)N2CC(c3nc(-c4cccc(C(F)(F)F)c4)no3)C2)cc1. The molecule has 0 spiro atoms. The lowest BCUT2D eigenvalue weighted by atomic mass is 9.98. The first kappa shape index (κ1) is 22.9. The van der Waals surface area contributed by atoms with Gasteiger partial charge in [0.15, 0.2) is 0 Å². The molecule has 1 aliphatic rings. The Hall–Kier alpha value is -3.25. The fourth-order valence-corrected chi connectivity index (χ4v) is 4.22. The summed E-state index contributed by atoms with van der Waals surface area (Å²) in [6.45, 7) is 0.585. The molecule has 2 heterocycles. The van der Waals surface area contributed by atoms with Gasteiger partial charge < -0.3 is 9.42 Å². The zero-order chi connectivity index (χ0) is 24.0. The Morgan fingerprint density at radius 3 is 2.39 bits per heavy atom. The van der Waals surface area contributed by atoms with Crippen molar-refractivity contribution in [2.75, 3.05) is 27.2 Å². The average Bonchev–Trinajstić information content (AvgIpc) is 3.22. The van der Waals surface area contributed by atoms with Crippen molar-refractivity contribution in [3.05, 3.63) is 65.5 Å². The highest BCUT2D eigenvalue weighted by molar-refractivity contribution is 7.89. The predicted molar refractivity (Wildman–Crippen MR) is 111 cm³/mol. The molecule has 0 aliphatic carbocycles. The summed E-state index contributed by atoms with van der Waals surface area (Å²) < 4.78 is 69.3. The fraction of sp³-hybridized carbons (Fsp3) is 0.286. The van der Waals surface area contributed by atoms with Crippen LogP contribution in [0.25, 0.3) is 11.4 Å². The monoisotopic (exact) mass is 480 g/mol. The second-order valence-corrected chi connectivity index (χ2v) is 9.91. The highest BCUT2D eigenvalue weighted by Gasteiger charge is 2.36. The molecular formula is C21H19F3N4O4S. The van der Waals surface area contributed by atoms with Gasteiger partial charge >= 0.3 is 6.18 Å².